The van der Waals surface area contributed by atoms with E-state index in [1.165, 1.54) is 29.5 Å². The standard InChI is InChI=1S/C39H46N2O/c1-39(2,3)34-24-22-33(23-25-34)37(30-32-14-7-4-8-15-32)40-28-26-31(27-29-40)16-13-21-38(42)41(35-17-9-5-10-18-35)36-19-11-6-12-20-36/h4-12,14-15,17-20,22-25,31,37H,13,16,21,26-30H2,1-3H3. The molecule has 3 nitrogen and oxygen atoms in total. The monoisotopic (exact) mass is 558 g/mol. The molecule has 0 aromatic heterocycles. The first kappa shape index (κ1) is 29.8. The molecule has 1 amide bonds. The predicted octanol–water partition coefficient (Wildman–Crippen LogP) is 9.52. The number of hydrogen-bond acceptors (Lipinski definition) is 2. The topological polar surface area (TPSA) is 23.6 Å². The molecular weight excluding hydrogens is 512 g/mol. The second-order valence-electron chi connectivity index (χ2n) is 12.8. The lowest BCUT2D eigenvalue weighted by atomic mass is 9.85. The van der Waals surface area contributed by atoms with Gasteiger partial charge in [-0.3, -0.25) is 14.6 Å². The lowest BCUT2D eigenvalue weighted by molar-refractivity contribution is -0.118. The van der Waals surface area contributed by atoms with E-state index in [2.05, 4.69) is 80.3 Å². The fourth-order valence-electron chi connectivity index (χ4n) is 6.30. The summed E-state index contributed by atoms with van der Waals surface area (Å²) in [7, 11) is 0. The van der Waals surface area contributed by atoms with Crippen molar-refractivity contribution in [2.45, 2.75) is 70.8 Å². The van der Waals surface area contributed by atoms with Gasteiger partial charge in [0.15, 0.2) is 0 Å². The minimum Gasteiger partial charge on any atom is -0.296 e. The van der Waals surface area contributed by atoms with Crippen molar-refractivity contribution in [3.8, 4) is 0 Å². The number of piperidine rings is 1. The van der Waals surface area contributed by atoms with Crippen LogP contribution in [0.25, 0.3) is 0 Å². The fraction of sp³-hybridized carbons (Fsp3) is 0.359. The molecule has 4 aromatic rings. The molecule has 4 aromatic carbocycles. The zero-order valence-corrected chi connectivity index (χ0v) is 25.6. The summed E-state index contributed by atoms with van der Waals surface area (Å²) in [5.41, 5.74) is 6.22. The van der Waals surface area contributed by atoms with E-state index in [0.29, 0.717) is 18.4 Å². The predicted molar refractivity (Wildman–Crippen MR) is 176 cm³/mol. The maximum atomic E-state index is 13.5. The molecular formula is C39H46N2O. The van der Waals surface area contributed by atoms with Crippen molar-refractivity contribution >= 4 is 17.3 Å². The molecule has 0 aliphatic carbocycles. The third-order valence-corrected chi connectivity index (χ3v) is 8.80. The van der Waals surface area contributed by atoms with Crippen LogP contribution in [-0.2, 0) is 16.6 Å². The first-order chi connectivity index (χ1) is 20.4. The first-order valence-electron chi connectivity index (χ1n) is 15.7. The summed E-state index contributed by atoms with van der Waals surface area (Å²) in [6.45, 7) is 9.06. The van der Waals surface area contributed by atoms with Gasteiger partial charge in [0.25, 0.3) is 0 Å². The average Bonchev–Trinajstić information content (AvgIpc) is 3.02. The van der Waals surface area contributed by atoms with E-state index >= 15 is 0 Å². The van der Waals surface area contributed by atoms with E-state index in [0.717, 1.165) is 43.7 Å². The summed E-state index contributed by atoms with van der Waals surface area (Å²) in [4.78, 5) is 18.0. The lowest BCUT2D eigenvalue weighted by Gasteiger charge is -2.38. The first-order valence-corrected chi connectivity index (χ1v) is 15.7. The van der Waals surface area contributed by atoms with Crippen LogP contribution in [0.15, 0.2) is 115 Å². The van der Waals surface area contributed by atoms with Crippen LogP contribution in [0.4, 0.5) is 11.4 Å². The van der Waals surface area contributed by atoms with Crippen molar-refractivity contribution in [3.63, 3.8) is 0 Å². The maximum Gasteiger partial charge on any atom is 0.231 e. The van der Waals surface area contributed by atoms with Crippen molar-refractivity contribution in [2.24, 2.45) is 5.92 Å². The second kappa shape index (κ2) is 14.0. The maximum absolute atomic E-state index is 13.5. The van der Waals surface area contributed by atoms with E-state index in [-0.39, 0.29) is 11.3 Å². The summed E-state index contributed by atoms with van der Waals surface area (Å²) in [6.07, 6.45) is 6.04. The Balaban J connectivity index is 1.19. The summed E-state index contributed by atoms with van der Waals surface area (Å²) < 4.78 is 0. The van der Waals surface area contributed by atoms with Gasteiger partial charge in [0.2, 0.25) is 5.91 Å². The molecule has 1 atom stereocenters. The SMILES string of the molecule is CC(C)(C)c1ccc(C(Cc2ccccc2)N2CCC(CCCC(=O)N(c3ccccc3)c3ccccc3)CC2)cc1. The van der Waals surface area contributed by atoms with Gasteiger partial charge in [-0.2, -0.15) is 0 Å². The third-order valence-electron chi connectivity index (χ3n) is 8.80. The summed E-state index contributed by atoms with van der Waals surface area (Å²) >= 11 is 0. The molecule has 5 rings (SSSR count). The molecule has 1 heterocycles. The Kier molecular flexibility index (Phi) is 9.92. The molecule has 0 spiro atoms. The van der Waals surface area contributed by atoms with Crippen LogP contribution in [0.1, 0.15) is 75.6 Å². The van der Waals surface area contributed by atoms with Gasteiger partial charge in [0.1, 0.15) is 0 Å². The van der Waals surface area contributed by atoms with Gasteiger partial charge in [-0.15, -0.1) is 0 Å². The fourth-order valence-corrected chi connectivity index (χ4v) is 6.30. The van der Waals surface area contributed by atoms with Crippen LogP contribution in [0.3, 0.4) is 0 Å². The highest BCUT2D eigenvalue weighted by atomic mass is 16.2. The smallest absolute Gasteiger partial charge is 0.231 e. The van der Waals surface area contributed by atoms with Crippen LogP contribution in [0.5, 0.6) is 0 Å². The average molecular weight is 559 g/mol. The van der Waals surface area contributed by atoms with Gasteiger partial charge in [-0.25, -0.2) is 0 Å². The van der Waals surface area contributed by atoms with E-state index in [4.69, 9.17) is 0 Å². The number of anilines is 2. The van der Waals surface area contributed by atoms with Gasteiger partial charge >= 0.3 is 0 Å². The zero-order valence-electron chi connectivity index (χ0n) is 25.6. The van der Waals surface area contributed by atoms with Gasteiger partial charge in [-0.05, 0) is 97.5 Å². The molecule has 1 aliphatic rings. The van der Waals surface area contributed by atoms with Crippen LogP contribution >= 0.6 is 0 Å². The van der Waals surface area contributed by atoms with E-state index < -0.39 is 0 Å². The highest BCUT2D eigenvalue weighted by Crippen LogP contribution is 2.33. The Bertz CT molecular complexity index is 1330. The third kappa shape index (κ3) is 7.77. The van der Waals surface area contributed by atoms with Gasteiger partial charge in [0.05, 0.1) is 0 Å². The summed E-state index contributed by atoms with van der Waals surface area (Å²) in [5, 5.41) is 0. The molecule has 1 unspecified atom stereocenters. The number of amides is 1. The van der Waals surface area contributed by atoms with E-state index in [1.54, 1.807) is 0 Å². The molecule has 1 saturated heterocycles. The Morgan fingerprint density at radius 2 is 1.29 bits per heavy atom. The van der Waals surface area contributed by atoms with Gasteiger partial charge in [-0.1, -0.05) is 112 Å². The van der Waals surface area contributed by atoms with Crippen molar-refractivity contribution in [3.05, 3.63) is 132 Å². The lowest BCUT2D eigenvalue weighted by Crippen LogP contribution is -2.37. The van der Waals surface area contributed by atoms with Crippen molar-refractivity contribution in [2.75, 3.05) is 18.0 Å². The Labute approximate surface area is 253 Å². The van der Waals surface area contributed by atoms with Crippen LogP contribution < -0.4 is 4.90 Å². The number of para-hydroxylation sites is 2. The number of likely N-dealkylation sites (tertiary alicyclic amines) is 1. The van der Waals surface area contributed by atoms with Crippen LogP contribution in [0, 0.1) is 5.92 Å². The quantitative estimate of drug-likeness (QED) is 0.193. The van der Waals surface area contributed by atoms with Crippen molar-refractivity contribution < 1.29 is 4.79 Å². The molecule has 3 heteroatoms. The molecule has 0 bridgehead atoms. The molecule has 1 fully saturated rings. The normalized spacial score (nSPS) is 15.3. The number of carbonyl (C=O) groups is 1. The largest absolute Gasteiger partial charge is 0.296 e. The van der Waals surface area contributed by atoms with Gasteiger partial charge in [0, 0.05) is 23.8 Å². The van der Waals surface area contributed by atoms with E-state index in [1.807, 2.05) is 65.6 Å². The summed E-state index contributed by atoms with van der Waals surface area (Å²) in [6, 6.07) is 40.7. The van der Waals surface area contributed by atoms with E-state index in [9.17, 15) is 4.79 Å². The molecule has 42 heavy (non-hydrogen) atoms. The molecule has 218 valence electrons. The summed E-state index contributed by atoms with van der Waals surface area (Å²) in [5.74, 6) is 0.850. The minimum absolute atomic E-state index is 0.159. The molecule has 0 saturated carbocycles. The number of hydrogen-bond donors (Lipinski definition) is 0. The highest BCUT2D eigenvalue weighted by molar-refractivity contribution is 6.00. The van der Waals surface area contributed by atoms with Gasteiger partial charge < -0.3 is 0 Å². The Morgan fingerprint density at radius 1 is 0.762 bits per heavy atom. The van der Waals surface area contributed by atoms with Crippen molar-refractivity contribution in [1.82, 2.24) is 4.90 Å². The zero-order chi connectivity index (χ0) is 29.4. The van der Waals surface area contributed by atoms with Crippen LogP contribution in [0.2, 0.25) is 0 Å². The Morgan fingerprint density at radius 3 is 1.81 bits per heavy atom. The number of rotatable bonds is 10. The molecule has 1 aliphatic heterocycles. The molecule has 0 N–H and O–H groups in total. The second-order valence-corrected chi connectivity index (χ2v) is 12.8. The number of benzene rings is 4. The van der Waals surface area contributed by atoms with Crippen LogP contribution in [-0.4, -0.2) is 23.9 Å². The van der Waals surface area contributed by atoms with Crippen molar-refractivity contribution in [1.29, 1.82) is 0 Å². The Hall–Kier alpha value is -3.69. The highest BCUT2D eigenvalue weighted by Gasteiger charge is 2.27. The number of carbonyl (C=O) groups excluding carboxylic acids is 1. The molecule has 0 radical (unpaired) electrons. The number of nitrogens with zero attached hydrogens (tertiary/aromatic N) is 2. The minimum atomic E-state index is 0.159.